The molecule has 0 unspecified atom stereocenters. The molecule has 1 aromatic carbocycles. The lowest BCUT2D eigenvalue weighted by molar-refractivity contribution is 0.243. The average molecular weight is 377 g/mol. The van der Waals surface area contributed by atoms with Gasteiger partial charge >= 0.3 is 0 Å². The molecule has 1 aliphatic heterocycles. The summed E-state index contributed by atoms with van der Waals surface area (Å²) in [5.41, 5.74) is 7.98. The van der Waals surface area contributed by atoms with Gasteiger partial charge < -0.3 is 16.0 Å². The SMILES string of the molecule is Cc1ccccc1Nc1nc(N)nc(CN2CCN(c3ncccn3)CC2)n1. The van der Waals surface area contributed by atoms with E-state index in [1.807, 2.05) is 37.3 Å². The summed E-state index contributed by atoms with van der Waals surface area (Å²) in [6.45, 7) is 6.13. The average Bonchev–Trinajstić information content (AvgIpc) is 2.71. The van der Waals surface area contributed by atoms with Crippen LogP contribution in [0.2, 0.25) is 0 Å². The van der Waals surface area contributed by atoms with E-state index in [1.54, 1.807) is 12.4 Å². The summed E-state index contributed by atoms with van der Waals surface area (Å²) >= 11 is 0. The van der Waals surface area contributed by atoms with Crippen LogP contribution in [0, 0.1) is 6.92 Å². The second-order valence-electron chi connectivity index (χ2n) is 6.69. The van der Waals surface area contributed by atoms with Crippen molar-refractivity contribution >= 4 is 23.5 Å². The number of anilines is 4. The Balaban J connectivity index is 1.40. The van der Waals surface area contributed by atoms with E-state index in [2.05, 4.69) is 40.0 Å². The quantitative estimate of drug-likeness (QED) is 0.685. The second kappa shape index (κ2) is 8.13. The molecule has 4 rings (SSSR count). The van der Waals surface area contributed by atoms with Gasteiger partial charge in [-0.25, -0.2) is 9.97 Å². The van der Waals surface area contributed by atoms with Crippen LogP contribution in [-0.4, -0.2) is 56.0 Å². The highest BCUT2D eigenvalue weighted by molar-refractivity contribution is 5.58. The molecule has 1 saturated heterocycles. The highest BCUT2D eigenvalue weighted by atomic mass is 15.3. The molecule has 0 saturated carbocycles. The van der Waals surface area contributed by atoms with E-state index in [1.165, 1.54) is 0 Å². The van der Waals surface area contributed by atoms with Crippen LogP contribution in [0.1, 0.15) is 11.4 Å². The number of para-hydroxylation sites is 1. The Morgan fingerprint density at radius 3 is 2.46 bits per heavy atom. The fourth-order valence-electron chi connectivity index (χ4n) is 3.16. The van der Waals surface area contributed by atoms with Crippen molar-refractivity contribution in [3.05, 3.63) is 54.1 Å². The number of aryl methyl sites for hydroxylation is 1. The van der Waals surface area contributed by atoms with Gasteiger partial charge in [-0.15, -0.1) is 0 Å². The Labute approximate surface area is 163 Å². The first-order chi connectivity index (χ1) is 13.7. The van der Waals surface area contributed by atoms with Crippen LogP contribution in [0.5, 0.6) is 0 Å². The van der Waals surface area contributed by atoms with E-state index >= 15 is 0 Å². The van der Waals surface area contributed by atoms with Crippen molar-refractivity contribution in [1.29, 1.82) is 0 Å². The van der Waals surface area contributed by atoms with Gasteiger partial charge in [0.1, 0.15) is 5.82 Å². The molecule has 9 nitrogen and oxygen atoms in total. The number of nitrogens with two attached hydrogens (primary N) is 1. The minimum atomic E-state index is 0.220. The molecule has 0 bridgehead atoms. The lowest BCUT2D eigenvalue weighted by Gasteiger charge is -2.34. The maximum Gasteiger partial charge on any atom is 0.232 e. The van der Waals surface area contributed by atoms with E-state index in [0.29, 0.717) is 18.3 Å². The third-order valence-corrected chi connectivity index (χ3v) is 4.66. The lowest BCUT2D eigenvalue weighted by atomic mass is 10.2. The first-order valence-electron chi connectivity index (χ1n) is 9.25. The summed E-state index contributed by atoms with van der Waals surface area (Å²) in [5, 5.41) is 3.23. The summed E-state index contributed by atoms with van der Waals surface area (Å²) in [6, 6.07) is 9.81. The number of hydrogen-bond donors (Lipinski definition) is 2. The molecule has 0 radical (unpaired) electrons. The van der Waals surface area contributed by atoms with Gasteiger partial charge in [-0.2, -0.15) is 15.0 Å². The first-order valence-corrected chi connectivity index (χ1v) is 9.25. The van der Waals surface area contributed by atoms with Crippen molar-refractivity contribution in [3.8, 4) is 0 Å². The number of piperazine rings is 1. The molecule has 0 spiro atoms. The molecular formula is C19H23N9. The molecule has 0 atom stereocenters. The van der Waals surface area contributed by atoms with Crippen LogP contribution in [0.15, 0.2) is 42.7 Å². The molecule has 1 fully saturated rings. The van der Waals surface area contributed by atoms with Crippen molar-refractivity contribution in [3.63, 3.8) is 0 Å². The van der Waals surface area contributed by atoms with Gasteiger partial charge in [0.05, 0.1) is 6.54 Å². The number of benzene rings is 1. The van der Waals surface area contributed by atoms with Gasteiger partial charge in [-0.05, 0) is 24.6 Å². The van der Waals surface area contributed by atoms with Crippen molar-refractivity contribution in [1.82, 2.24) is 29.8 Å². The Morgan fingerprint density at radius 2 is 1.71 bits per heavy atom. The summed E-state index contributed by atoms with van der Waals surface area (Å²) in [7, 11) is 0. The van der Waals surface area contributed by atoms with Crippen LogP contribution in [0.3, 0.4) is 0 Å². The monoisotopic (exact) mass is 377 g/mol. The molecule has 0 amide bonds. The third kappa shape index (κ3) is 4.32. The summed E-state index contributed by atoms with van der Waals surface area (Å²) in [4.78, 5) is 26.2. The molecular weight excluding hydrogens is 354 g/mol. The highest BCUT2D eigenvalue weighted by Crippen LogP contribution is 2.18. The predicted molar refractivity (Wildman–Crippen MR) is 108 cm³/mol. The molecule has 9 heteroatoms. The Kier molecular flexibility index (Phi) is 5.24. The molecule has 3 aromatic rings. The normalized spacial score (nSPS) is 14.8. The lowest BCUT2D eigenvalue weighted by Crippen LogP contribution is -2.46. The van der Waals surface area contributed by atoms with E-state index in [4.69, 9.17) is 5.73 Å². The highest BCUT2D eigenvalue weighted by Gasteiger charge is 2.20. The van der Waals surface area contributed by atoms with E-state index in [9.17, 15) is 0 Å². The summed E-state index contributed by atoms with van der Waals surface area (Å²) in [5.74, 6) is 2.12. The van der Waals surface area contributed by atoms with E-state index in [0.717, 1.165) is 43.4 Å². The van der Waals surface area contributed by atoms with Crippen LogP contribution in [0.4, 0.5) is 23.5 Å². The predicted octanol–water partition coefficient (Wildman–Crippen LogP) is 1.62. The number of rotatable bonds is 5. The minimum absolute atomic E-state index is 0.220. The van der Waals surface area contributed by atoms with E-state index < -0.39 is 0 Å². The van der Waals surface area contributed by atoms with Gasteiger partial charge in [0, 0.05) is 44.3 Å². The second-order valence-corrected chi connectivity index (χ2v) is 6.69. The smallest absolute Gasteiger partial charge is 0.232 e. The maximum absolute atomic E-state index is 5.91. The Bertz CT molecular complexity index is 924. The van der Waals surface area contributed by atoms with Crippen molar-refractivity contribution in [2.75, 3.05) is 42.1 Å². The zero-order chi connectivity index (χ0) is 19.3. The molecule has 2 aromatic heterocycles. The van der Waals surface area contributed by atoms with E-state index in [-0.39, 0.29) is 5.95 Å². The third-order valence-electron chi connectivity index (χ3n) is 4.66. The molecule has 28 heavy (non-hydrogen) atoms. The largest absolute Gasteiger partial charge is 0.368 e. The zero-order valence-corrected chi connectivity index (χ0v) is 15.8. The van der Waals surface area contributed by atoms with Crippen molar-refractivity contribution in [2.45, 2.75) is 13.5 Å². The fraction of sp³-hybridized carbons (Fsp3) is 0.316. The Hall–Kier alpha value is -3.33. The topological polar surface area (TPSA) is 109 Å². The molecule has 0 aliphatic carbocycles. The van der Waals surface area contributed by atoms with Gasteiger partial charge in [0.15, 0.2) is 0 Å². The van der Waals surface area contributed by atoms with Gasteiger partial charge in [-0.3, -0.25) is 4.90 Å². The number of nitrogen functional groups attached to an aromatic ring is 1. The summed E-state index contributed by atoms with van der Waals surface area (Å²) in [6.07, 6.45) is 3.54. The van der Waals surface area contributed by atoms with Gasteiger partial charge in [0.2, 0.25) is 17.8 Å². The van der Waals surface area contributed by atoms with Crippen LogP contribution in [0.25, 0.3) is 0 Å². The number of hydrogen-bond acceptors (Lipinski definition) is 9. The van der Waals surface area contributed by atoms with Gasteiger partial charge in [0.25, 0.3) is 0 Å². The van der Waals surface area contributed by atoms with Gasteiger partial charge in [-0.1, -0.05) is 18.2 Å². The van der Waals surface area contributed by atoms with Crippen LogP contribution in [-0.2, 0) is 6.54 Å². The minimum Gasteiger partial charge on any atom is -0.368 e. The first kappa shape index (κ1) is 18.1. The molecule has 144 valence electrons. The maximum atomic E-state index is 5.91. The summed E-state index contributed by atoms with van der Waals surface area (Å²) < 4.78 is 0. The number of aromatic nitrogens is 5. The zero-order valence-electron chi connectivity index (χ0n) is 15.8. The Morgan fingerprint density at radius 1 is 0.964 bits per heavy atom. The van der Waals surface area contributed by atoms with Crippen LogP contribution >= 0.6 is 0 Å². The van der Waals surface area contributed by atoms with Crippen molar-refractivity contribution < 1.29 is 0 Å². The van der Waals surface area contributed by atoms with Crippen molar-refractivity contribution in [2.24, 2.45) is 0 Å². The standard InChI is InChI=1S/C19H23N9/c1-14-5-2-3-6-15(14)23-18-25-16(24-17(20)26-18)13-27-9-11-28(12-10-27)19-21-7-4-8-22-19/h2-8H,9-13H2,1H3,(H3,20,23,24,25,26). The number of nitrogens with one attached hydrogen (secondary N) is 1. The molecule has 3 N–H and O–H groups in total. The van der Waals surface area contributed by atoms with Crippen LogP contribution < -0.4 is 16.0 Å². The molecule has 3 heterocycles. The number of nitrogens with zero attached hydrogens (tertiary/aromatic N) is 7. The fourth-order valence-corrected chi connectivity index (χ4v) is 3.16. The molecule has 1 aliphatic rings.